The van der Waals surface area contributed by atoms with Gasteiger partial charge in [-0.2, -0.15) is 0 Å². The Morgan fingerprint density at radius 2 is 2.20 bits per heavy atom. The van der Waals surface area contributed by atoms with Crippen molar-refractivity contribution in [2.45, 2.75) is 18.0 Å². The van der Waals surface area contributed by atoms with Gasteiger partial charge in [-0.25, -0.2) is 22.5 Å². The number of halogens is 2. The molecule has 1 heterocycles. The van der Waals surface area contributed by atoms with Crippen molar-refractivity contribution in [1.82, 2.24) is 14.7 Å². The number of hydrogen-bond acceptors (Lipinski definition) is 4. The van der Waals surface area contributed by atoms with Crippen LogP contribution in [0.25, 0.3) is 0 Å². The standard InChI is InChI=1S/C11H12BrFN4O2S/c12-8-3-7(5-14)11(13)9(4-8)20(18,19)17-6-10-15-1-2-16-10/h1-4,17H,5-6,14H2,(H,15,16). The Morgan fingerprint density at radius 3 is 2.80 bits per heavy atom. The monoisotopic (exact) mass is 362 g/mol. The minimum Gasteiger partial charge on any atom is -0.347 e. The Balaban J connectivity index is 2.31. The molecule has 0 radical (unpaired) electrons. The van der Waals surface area contributed by atoms with Gasteiger partial charge in [0.2, 0.25) is 10.0 Å². The topological polar surface area (TPSA) is 101 Å². The maximum atomic E-state index is 14.1. The molecule has 0 amide bonds. The predicted molar refractivity (Wildman–Crippen MR) is 74.6 cm³/mol. The van der Waals surface area contributed by atoms with E-state index in [0.717, 1.165) is 0 Å². The third kappa shape index (κ3) is 3.23. The number of imidazole rings is 1. The highest BCUT2D eigenvalue weighted by molar-refractivity contribution is 9.10. The molecule has 20 heavy (non-hydrogen) atoms. The Kier molecular flexibility index (Phi) is 4.53. The van der Waals surface area contributed by atoms with Crippen molar-refractivity contribution in [3.8, 4) is 0 Å². The molecule has 0 fully saturated rings. The van der Waals surface area contributed by atoms with Gasteiger partial charge in [-0.05, 0) is 12.1 Å². The SMILES string of the molecule is NCc1cc(Br)cc(S(=O)(=O)NCc2ncc[nH]2)c1F. The van der Waals surface area contributed by atoms with Gasteiger partial charge in [0.05, 0.1) is 6.54 Å². The van der Waals surface area contributed by atoms with Gasteiger partial charge in [0.1, 0.15) is 16.5 Å². The van der Waals surface area contributed by atoms with Crippen molar-refractivity contribution in [3.05, 3.63) is 46.2 Å². The highest BCUT2D eigenvalue weighted by Crippen LogP contribution is 2.23. The summed E-state index contributed by atoms with van der Waals surface area (Å²) in [7, 11) is -3.99. The molecule has 0 atom stereocenters. The van der Waals surface area contributed by atoms with E-state index >= 15 is 0 Å². The van der Waals surface area contributed by atoms with Crippen LogP contribution in [0.1, 0.15) is 11.4 Å². The van der Waals surface area contributed by atoms with E-state index in [0.29, 0.717) is 10.3 Å². The summed E-state index contributed by atoms with van der Waals surface area (Å²) >= 11 is 3.14. The van der Waals surface area contributed by atoms with Gasteiger partial charge in [-0.15, -0.1) is 0 Å². The zero-order valence-corrected chi connectivity index (χ0v) is 12.6. The zero-order chi connectivity index (χ0) is 14.8. The molecule has 0 aliphatic heterocycles. The molecule has 0 unspecified atom stereocenters. The quantitative estimate of drug-likeness (QED) is 0.744. The second-order valence-electron chi connectivity index (χ2n) is 3.94. The number of benzene rings is 1. The van der Waals surface area contributed by atoms with E-state index in [4.69, 9.17) is 5.73 Å². The summed E-state index contributed by atoms with van der Waals surface area (Å²) in [5.41, 5.74) is 5.51. The third-order valence-electron chi connectivity index (χ3n) is 2.57. The van der Waals surface area contributed by atoms with Crippen LogP contribution in [-0.2, 0) is 23.1 Å². The summed E-state index contributed by atoms with van der Waals surface area (Å²) in [6, 6.07) is 2.64. The van der Waals surface area contributed by atoms with Crippen molar-refractivity contribution in [3.63, 3.8) is 0 Å². The van der Waals surface area contributed by atoms with Gasteiger partial charge in [0.15, 0.2) is 0 Å². The summed E-state index contributed by atoms with van der Waals surface area (Å²) in [4.78, 5) is 6.18. The molecule has 1 aromatic carbocycles. The molecular formula is C11H12BrFN4O2S. The number of hydrogen-bond donors (Lipinski definition) is 3. The molecule has 1 aromatic heterocycles. The van der Waals surface area contributed by atoms with Gasteiger partial charge < -0.3 is 10.7 Å². The van der Waals surface area contributed by atoms with Crippen molar-refractivity contribution in [2.75, 3.05) is 0 Å². The van der Waals surface area contributed by atoms with E-state index in [9.17, 15) is 12.8 Å². The van der Waals surface area contributed by atoms with Crippen LogP contribution >= 0.6 is 15.9 Å². The molecule has 0 aliphatic carbocycles. The van der Waals surface area contributed by atoms with Crippen LogP contribution in [0.15, 0.2) is 33.9 Å². The summed E-state index contributed by atoms with van der Waals surface area (Å²) in [6.07, 6.45) is 3.06. The Hall–Kier alpha value is -1.29. The van der Waals surface area contributed by atoms with Crippen LogP contribution in [0.5, 0.6) is 0 Å². The van der Waals surface area contributed by atoms with E-state index < -0.39 is 20.7 Å². The highest BCUT2D eigenvalue weighted by Gasteiger charge is 2.22. The summed E-state index contributed by atoms with van der Waals surface area (Å²) in [5, 5.41) is 0. The largest absolute Gasteiger partial charge is 0.347 e. The lowest BCUT2D eigenvalue weighted by Crippen LogP contribution is -2.25. The summed E-state index contributed by atoms with van der Waals surface area (Å²) in [6.45, 7) is -0.148. The Labute approximate surface area is 123 Å². The molecule has 0 spiro atoms. The van der Waals surface area contributed by atoms with E-state index in [2.05, 4.69) is 30.6 Å². The summed E-state index contributed by atoms with van der Waals surface area (Å²) in [5.74, 6) is -0.411. The van der Waals surface area contributed by atoms with Crippen molar-refractivity contribution >= 4 is 26.0 Å². The first-order valence-corrected chi connectivity index (χ1v) is 7.87. The van der Waals surface area contributed by atoms with Crippen molar-refractivity contribution in [1.29, 1.82) is 0 Å². The average molecular weight is 363 g/mol. The van der Waals surface area contributed by atoms with Crippen LogP contribution in [0.2, 0.25) is 0 Å². The van der Waals surface area contributed by atoms with Gasteiger partial charge in [-0.1, -0.05) is 15.9 Å². The zero-order valence-electron chi connectivity index (χ0n) is 10.2. The number of aromatic nitrogens is 2. The minimum atomic E-state index is -3.99. The smallest absolute Gasteiger partial charge is 0.243 e. The Morgan fingerprint density at radius 1 is 1.45 bits per heavy atom. The number of rotatable bonds is 5. The molecular weight excluding hydrogens is 351 g/mol. The van der Waals surface area contributed by atoms with Crippen LogP contribution < -0.4 is 10.5 Å². The van der Waals surface area contributed by atoms with Crippen LogP contribution in [-0.4, -0.2) is 18.4 Å². The maximum absolute atomic E-state index is 14.1. The third-order valence-corrected chi connectivity index (χ3v) is 4.43. The fourth-order valence-corrected chi connectivity index (χ4v) is 3.39. The number of aromatic amines is 1. The minimum absolute atomic E-state index is 0.0563. The first-order valence-electron chi connectivity index (χ1n) is 5.60. The van der Waals surface area contributed by atoms with E-state index in [1.54, 1.807) is 6.20 Å². The Bertz CT molecular complexity index is 703. The number of H-pyrrole nitrogens is 1. The molecule has 0 saturated carbocycles. The van der Waals surface area contributed by atoms with Gasteiger partial charge in [0.25, 0.3) is 0 Å². The van der Waals surface area contributed by atoms with Crippen molar-refractivity contribution < 1.29 is 12.8 Å². The number of sulfonamides is 1. The van der Waals surface area contributed by atoms with Gasteiger partial charge >= 0.3 is 0 Å². The fraction of sp³-hybridized carbons (Fsp3) is 0.182. The van der Waals surface area contributed by atoms with Crippen LogP contribution in [0, 0.1) is 5.82 Å². The second-order valence-corrected chi connectivity index (χ2v) is 6.59. The normalized spacial score (nSPS) is 11.8. The molecule has 6 nitrogen and oxygen atoms in total. The van der Waals surface area contributed by atoms with Crippen molar-refractivity contribution in [2.24, 2.45) is 5.73 Å². The maximum Gasteiger partial charge on any atom is 0.243 e. The van der Waals surface area contributed by atoms with E-state index in [1.807, 2.05) is 0 Å². The second kappa shape index (κ2) is 6.00. The van der Waals surface area contributed by atoms with Gasteiger partial charge in [0, 0.05) is 29.0 Å². The molecule has 4 N–H and O–H groups in total. The molecule has 2 aromatic rings. The number of nitrogens with zero attached hydrogens (tertiary/aromatic N) is 1. The predicted octanol–water partition coefficient (Wildman–Crippen LogP) is 1.25. The number of nitrogens with one attached hydrogen (secondary N) is 2. The molecule has 0 saturated heterocycles. The molecule has 0 bridgehead atoms. The molecule has 9 heteroatoms. The highest BCUT2D eigenvalue weighted by atomic mass is 79.9. The van der Waals surface area contributed by atoms with Crippen LogP contribution in [0.4, 0.5) is 4.39 Å². The van der Waals surface area contributed by atoms with E-state index in [-0.39, 0.29) is 18.7 Å². The molecule has 0 aliphatic rings. The summed E-state index contributed by atoms with van der Waals surface area (Å²) < 4.78 is 41.0. The lowest BCUT2D eigenvalue weighted by atomic mass is 10.2. The first-order chi connectivity index (χ1) is 9.44. The number of nitrogens with two attached hydrogens (primary N) is 1. The van der Waals surface area contributed by atoms with E-state index in [1.165, 1.54) is 18.3 Å². The molecule has 2 rings (SSSR count). The first kappa shape index (κ1) is 15.1. The molecule has 108 valence electrons. The average Bonchev–Trinajstić information content (AvgIpc) is 2.92. The lowest BCUT2D eigenvalue weighted by molar-refractivity contribution is 0.548. The fourth-order valence-electron chi connectivity index (χ4n) is 1.60. The van der Waals surface area contributed by atoms with Crippen LogP contribution in [0.3, 0.4) is 0 Å². The lowest BCUT2D eigenvalue weighted by Gasteiger charge is -2.10. The van der Waals surface area contributed by atoms with Gasteiger partial charge in [-0.3, -0.25) is 0 Å².